The van der Waals surface area contributed by atoms with Crippen molar-refractivity contribution in [2.75, 3.05) is 5.32 Å². The molecule has 116 valence electrons. The van der Waals surface area contributed by atoms with Crippen LogP contribution in [0.15, 0.2) is 18.2 Å². The van der Waals surface area contributed by atoms with E-state index in [-0.39, 0.29) is 17.2 Å². The van der Waals surface area contributed by atoms with Crippen LogP contribution in [0, 0.1) is 5.92 Å². The highest BCUT2D eigenvalue weighted by Gasteiger charge is 2.32. The first-order valence-electron chi connectivity index (χ1n) is 6.46. The SMILES string of the molecule is CCC(CC)C(=O)Nc1cc(C(F)(F)F)ccc1C(=O)O. The van der Waals surface area contributed by atoms with Crippen molar-refractivity contribution in [3.63, 3.8) is 0 Å². The van der Waals surface area contributed by atoms with Crippen LogP contribution in [0.4, 0.5) is 18.9 Å². The van der Waals surface area contributed by atoms with E-state index in [0.29, 0.717) is 25.0 Å². The minimum atomic E-state index is -4.61. The van der Waals surface area contributed by atoms with E-state index in [1.165, 1.54) is 0 Å². The smallest absolute Gasteiger partial charge is 0.416 e. The highest BCUT2D eigenvalue weighted by Crippen LogP contribution is 2.32. The second kappa shape index (κ2) is 6.60. The summed E-state index contributed by atoms with van der Waals surface area (Å²) in [7, 11) is 0. The van der Waals surface area contributed by atoms with Gasteiger partial charge in [0.1, 0.15) is 0 Å². The predicted molar refractivity (Wildman–Crippen MR) is 71.1 cm³/mol. The molecule has 0 spiro atoms. The van der Waals surface area contributed by atoms with Gasteiger partial charge < -0.3 is 10.4 Å². The molecule has 0 fully saturated rings. The van der Waals surface area contributed by atoms with Gasteiger partial charge in [-0.05, 0) is 31.0 Å². The molecule has 1 aromatic rings. The number of halogens is 3. The van der Waals surface area contributed by atoms with Gasteiger partial charge in [-0.25, -0.2) is 4.79 Å². The van der Waals surface area contributed by atoms with Crippen molar-refractivity contribution >= 4 is 17.6 Å². The average molecular weight is 303 g/mol. The highest BCUT2D eigenvalue weighted by atomic mass is 19.4. The number of carboxylic acids is 1. The molecule has 0 unspecified atom stereocenters. The van der Waals surface area contributed by atoms with Crippen LogP contribution in [0.2, 0.25) is 0 Å². The van der Waals surface area contributed by atoms with E-state index in [9.17, 15) is 22.8 Å². The number of carbonyl (C=O) groups is 2. The molecule has 0 aliphatic rings. The Bertz CT molecular complexity index is 537. The molecule has 0 aliphatic heterocycles. The Labute approximate surface area is 120 Å². The molecule has 0 heterocycles. The summed E-state index contributed by atoms with van der Waals surface area (Å²) < 4.78 is 38.0. The third-order valence-corrected chi connectivity index (χ3v) is 3.19. The largest absolute Gasteiger partial charge is 0.478 e. The van der Waals surface area contributed by atoms with Gasteiger partial charge in [0.25, 0.3) is 0 Å². The molecule has 0 saturated heterocycles. The summed E-state index contributed by atoms with van der Waals surface area (Å²) >= 11 is 0. The summed E-state index contributed by atoms with van der Waals surface area (Å²) in [5.41, 5.74) is -1.72. The van der Waals surface area contributed by atoms with Crippen LogP contribution >= 0.6 is 0 Å². The van der Waals surface area contributed by atoms with Gasteiger partial charge in [-0.2, -0.15) is 13.2 Å². The Kier molecular flexibility index (Phi) is 5.34. The van der Waals surface area contributed by atoms with Gasteiger partial charge in [0.15, 0.2) is 0 Å². The Morgan fingerprint density at radius 3 is 2.24 bits per heavy atom. The highest BCUT2D eigenvalue weighted by molar-refractivity contribution is 6.01. The van der Waals surface area contributed by atoms with Crippen LogP contribution in [-0.4, -0.2) is 17.0 Å². The lowest BCUT2D eigenvalue weighted by Crippen LogP contribution is -2.23. The molecule has 2 N–H and O–H groups in total. The fourth-order valence-corrected chi connectivity index (χ4v) is 1.90. The summed E-state index contributed by atoms with van der Waals surface area (Å²) in [6.07, 6.45) is -3.57. The van der Waals surface area contributed by atoms with Crippen molar-refractivity contribution in [1.29, 1.82) is 0 Å². The van der Waals surface area contributed by atoms with Gasteiger partial charge in [0.2, 0.25) is 5.91 Å². The third kappa shape index (κ3) is 4.21. The standard InChI is InChI=1S/C14H16F3NO3/c1-3-8(4-2)12(19)18-11-7-9(14(15,16)17)5-6-10(11)13(20)21/h5-8H,3-4H2,1-2H3,(H,18,19)(H,20,21). The first kappa shape index (κ1) is 17.0. The number of alkyl halides is 3. The molecule has 0 aromatic heterocycles. The lowest BCUT2D eigenvalue weighted by atomic mass is 10.0. The number of carboxylic acid groups (broad SMARTS) is 1. The Morgan fingerprint density at radius 2 is 1.81 bits per heavy atom. The average Bonchev–Trinajstić information content (AvgIpc) is 2.38. The Balaban J connectivity index is 3.18. The Morgan fingerprint density at radius 1 is 1.24 bits per heavy atom. The number of carbonyl (C=O) groups excluding carboxylic acids is 1. The summed E-state index contributed by atoms with van der Waals surface area (Å²) in [6.45, 7) is 3.55. The number of rotatable bonds is 5. The van der Waals surface area contributed by atoms with Gasteiger partial charge in [-0.3, -0.25) is 4.79 Å². The molecule has 0 radical (unpaired) electrons. The van der Waals surface area contributed by atoms with Gasteiger partial charge in [0.05, 0.1) is 16.8 Å². The zero-order valence-corrected chi connectivity index (χ0v) is 11.6. The predicted octanol–water partition coefficient (Wildman–Crippen LogP) is 3.78. The number of hydrogen-bond acceptors (Lipinski definition) is 2. The van der Waals surface area contributed by atoms with Crippen molar-refractivity contribution in [3.8, 4) is 0 Å². The number of anilines is 1. The van der Waals surface area contributed by atoms with Crippen molar-refractivity contribution in [2.24, 2.45) is 5.92 Å². The summed E-state index contributed by atoms with van der Waals surface area (Å²) in [5.74, 6) is -2.26. The molecular formula is C14H16F3NO3. The van der Waals surface area contributed by atoms with E-state index in [1.807, 2.05) is 0 Å². The molecule has 0 aliphatic carbocycles. The van der Waals surface area contributed by atoms with Crippen LogP contribution in [0.25, 0.3) is 0 Å². The topological polar surface area (TPSA) is 66.4 Å². The molecule has 0 saturated carbocycles. The van der Waals surface area contributed by atoms with E-state index in [1.54, 1.807) is 13.8 Å². The summed E-state index contributed by atoms with van der Waals surface area (Å²) in [6, 6.07) is 2.16. The summed E-state index contributed by atoms with van der Waals surface area (Å²) in [4.78, 5) is 23.0. The zero-order valence-electron chi connectivity index (χ0n) is 11.6. The lowest BCUT2D eigenvalue weighted by Gasteiger charge is -2.16. The maximum Gasteiger partial charge on any atom is 0.416 e. The van der Waals surface area contributed by atoms with Crippen LogP contribution in [0.3, 0.4) is 0 Å². The molecule has 1 aromatic carbocycles. The second-order valence-corrected chi connectivity index (χ2v) is 4.57. The number of aromatic carboxylic acids is 1. The fraction of sp³-hybridized carbons (Fsp3) is 0.429. The molecular weight excluding hydrogens is 287 g/mol. The van der Waals surface area contributed by atoms with Gasteiger partial charge in [-0.15, -0.1) is 0 Å². The number of hydrogen-bond donors (Lipinski definition) is 2. The van der Waals surface area contributed by atoms with Gasteiger partial charge in [-0.1, -0.05) is 13.8 Å². The molecule has 21 heavy (non-hydrogen) atoms. The number of nitrogens with one attached hydrogen (secondary N) is 1. The van der Waals surface area contributed by atoms with E-state index >= 15 is 0 Å². The van der Waals surface area contributed by atoms with Crippen LogP contribution in [0.5, 0.6) is 0 Å². The molecule has 1 amide bonds. The Hall–Kier alpha value is -2.05. The molecule has 0 atom stereocenters. The molecule has 4 nitrogen and oxygen atoms in total. The van der Waals surface area contributed by atoms with Crippen LogP contribution in [0.1, 0.15) is 42.6 Å². The van der Waals surface area contributed by atoms with E-state index in [2.05, 4.69) is 5.32 Å². The van der Waals surface area contributed by atoms with E-state index in [0.717, 1.165) is 6.07 Å². The summed E-state index contributed by atoms with van der Waals surface area (Å²) in [5, 5.41) is 11.3. The fourth-order valence-electron chi connectivity index (χ4n) is 1.90. The van der Waals surface area contributed by atoms with Gasteiger partial charge in [0, 0.05) is 5.92 Å². The maximum absolute atomic E-state index is 12.7. The van der Waals surface area contributed by atoms with Crippen molar-refractivity contribution in [3.05, 3.63) is 29.3 Å². The molecule has 0 bridgehead atoms. The number of benzene rings is 1. The number of amides is 1. The first-order chi connectivity index (χ1) is 9.70. The minimum Gasteiger partial charge on any atom is -0.478 e. The first-order valence-corrected chi connectivity index (χ1v) is 6.46. The quantitative estimate of drug-likeness (QED) is 0.870. The van der Waals surface area contributed by atoms with E-state index < -0.39 is 23.6 Å². The van der Waals surface area contributed by atoms with Gasteiger partial charge >= 0.3 is 12.1 Å². The monoisotopic (exact) mass is 303 g/mol. The van der Waals surface area contributed by atoms with Crippen molar-refractivity contribution < 1.29 is 27.9 Å². The normalized spacial score (nSPS) is 11.5. The zero-order chi connectivity index (χ0) is 16.2. The van der Waals surface area contributed by atoms with E-state index in [4.69, 9.17) is 5.11 Å². The van der Waals surface area contributed by atoms with Crippen molar-refractivity contribution in [2.45, 2.75) is 32.9 Å². The van der Waals surface area contributed by atoms with Crippen LogP contribution < -0.4 is 5.32 Å². The second-order valence-electron chi connectivity index (χ2n) is 4.57. The molecule has 1 rings (SSSR count). The lowest BCUT2D eigenvalue weighted by molar-refractivity contribution is -0.137. The minimum absolute atomic E-state index is 0.339. The molecule has 7 heteroatoms. The van der Waals surface area contributed by atoms with Crippen LogP contribution in [-0.2, 0) is 11.0 Å². The third-order valence-electron chi connectivity index (χ3n) is 3.19. The van der Waals surface area contributed by atoms with Crippen molar-refractivity contribution in [1.82, 2.24) is 0 Å². The maximum atomic E-state index is 12.7.